The summed E-state index contributed by atoms with van der Waals surface area (Å²) in [5.74, 6) is -2.33. The fourth-order valence-corrected chi connectivity index (χ4v) is 4.49. The molecule has 2 heterocycles. The Morgan fingerprint density at radius 2 is 1.97 bits per heavy atom. The second kappa shape index (κ2) is 9.62. The van der Waals surface area contributed by atoms with Gasteiger partial charge in [0.05, 0.1) is 28.1 Å². The van der Waals surface area contributed by atoms with E-state index in [-0.39, 0.29) is 33.3 Å². The largest absolute Gasteiger partial charge is 0.493 e. The van der Waals surface area contributed by atoms with Crippen molar-refractivity contribution in [2.45, 2.75) is 19.9 Å². The average Bonchev–Trinajstić information content (AvgIpc) is 3.28. The zero-order chi connectivity index (χ0) is 24.4. The fourth-order valence-electron chi connectivity index (χ4n) is 3.36. The second-order valence-corrected chi connectivity index (χ2v) is 8.66. The number of amides is 2. The Kier molecular flexibility index (Phi) is 6.62. The normalized spacial score (nSPS) is 12.3. The molecule has 9 nitrogen and oxygen atoms in total. The molecule has 0 radical (unpaired) electrons. The maximum absolute atomic E-state index is 12.6. The van der Waals surface area contributed by atoms with Gasteiger partial charge in [0.1, 0.15) is 11.4 Å². The van der Waals surface area contributed by atoms with E-state index in [1.54, 1.807) is 24.3 Å². The number of hydrogen-bond acceptors (Lipinski definition) is 7. The minimum Gasteiger partial charge on any atom is -0.493 e. The first-order valence-electron chi connectivity index (χ1n) is 10.2. The van der Waals surface area contributed by atoms with Crippen molar-refractivity contribution in [3.63, 3.8) is 0 Å². The molecule has 0 fully saturated rings. The number of aromatic nitrogens is 1. The lowest BCUT2D eigenvalue weighted by Crippen LogP contribution is -2.24. The predicted octanol–water partition coefficient (Wildman–Crippen LogP) is 1.83. The number of aromatic hydroxyl groups is 1. The van der Waals surface area contributed by atoms with Gasteiger partial charge in [-0.05, 0) is 30.7 Å². The van der Waals surface area contributed by atoms with Gasteiger partial charge in [0.15, 0.2) is 0 Å². The van der Waals surface area contributed by atoms with Crippen LogP contribution in [0.2, 0.25) is 5.02 Å². The zero-order valence-electron chi connectivity index (χ0n) is 17.8. The Morgan fingerprint density at radius 1 is 1.21 bits per heavy atom. The molecule has 0 spiro atoms. The van der Waals surface area contributed by atoms with E-state index in [1.807, 2.05) is 6.92 Å². The lowest BCUT2D eigenvalue weighted by atomic mass is 10.1. The molecule has 34 heavy (non-hydrogen) atoms. The van der Waals surface area contributed by atoms with Crippen molar-refractivity contribution in [1.82, 2.24) is 4.57 Å². The van der Waals surface area contributed by atoms with Crippen LogP contribution in [0.1, 0.15) is 28.6 Å². The average molecular weight is 500 g/mol. The van der Waals surface area contributed by atoms with Crippen molar-refractivity contribution in [2.24, 2.45) is 4.99 Å². The molecule has 2 amide bonds. The maximum Gasteiger partial charge on any atom is 0.339 e. The highest BCUT2D eigenvalue weighted by molar-refractivity contribution is 7.11. The first-order chi connectivity index (χ1) is 16.3. The molecule has 0 saturated carbocycles. The van der Waals surface area contributed by atoms with Crippen molar-refractivity contribution in [1.29, 1.82) is 0 Å². The molecule has 1 aliphatic heterocycles. The number of para-hydroxylation sites is 1. The highest BCUT2D eigenvalue weighted by atomic mass is 35.5. The first-order valence-corrected chi connectivity index (χ1v) is 11.4. The first kappa shape index (κ1) is 23.4. The van der Waals surface area contributed by atoms with Gasteiger partial charge in [-0.2, -0.15) is 0 Å². The van der Waals surface area contributed by atoms with E-state index < -0.39 is 35.1 Å². The second-order valence-electron chi connectivity index (χ2n) is 7.29. The molecule has 1 aromatic heterocycles. The van der Waals surface area contributed by atoms with E-state index in [9.17, 15) is 24.3 Å². The van der Waals surface area contributed by atoms with Crippen LogP contribution in [0.5, 0.6) is 5.88 Å². The van der Waals surface area contributed by atoms with Crippen LogP contribution in [0.4, 0.5) is 5.69 Å². The number of fused-ring (bicyclic) bond motifs is 1. The van der Waals surface area contributed by atoms with Crippen LogP contribution in [0.25, 0.3) is 5.57 Å². The fraction of sp³-hybridized carbons (Fsp3) is 0.174. The quantitative estimate of drug-likeness (QED) is 0.477. The molecule has 4 rings (SSSR count). The lowest BCUT2D eigenvalue weighted by molar-refractivity contribution is -0.117. The van der Waals surface area contributed by atoms with Gasteiger partial charge in [-0.3, -0.25) is 19.0 Å². The predicted molar refractivity (Wildman–Crippen MR) is 126 cm³/mol. The highest BCUT2D eigenvalue weighted by Gasteiger charge is 2.26. The van der Waals surface area contributed by atoms with Gasteiger partial charge in [-0.25, -0.2) is 9.79 Å². The van der Waals surface area contributed by atoms with E-state index >= 15 is 0 Å². The monoisotopic (exact) mass is 499 g/mol. The SMILES string of the molecule is CCCOC(=O)c1cc(NC(=O)Cn2c(O)c(C3=c4ccccc4=NC3=O)sc2=O)ccc1Cl. The van der Waals surface area contributed by atoms with E-state index in [0.717, 1.165) is 4.57 Å². The summed E-state index contributed by atoms with van der Waals surface area (Å²) in [6.45, 7) is 1.57. The summed E-state index contributed by atoms with van der Waals surface area (Å²) in [4.78, 5) is 53.0. The molecule has 2 N–H and O–H groups in total. The molecule has 0 aliphatic carbocycles. The third kappa shape index (κ3) is 4.50. The molecule has 0 unspecified atom stereocenters. The Hall–Kier alpha value is -3.76. The van der Waals surface area contributed by atoms with Crippen molar-refractivity contribution in [2.75, 3.05) is 11.9 Å². The molecular weight excluding hydrogens is 482 g/mol. The van der Waals surface area contributed by atoms with E-state index in [2.05, 4.69) is 10.3 Å². The Balaban J connectivity index is 1.58. The molecule has 0 atom stereocenters. The molecule has 11 heteroatoms. The molecule has 3 aromatic rings. The maximum atomic E-state index is 12.6. The number of anilines is 1. The van der Waals surface area contributed by atoms with Gasteiger partial charge >= 0.3 is 10.8 Å². The minimum absolute atomic E-state index is 0.0453. The lowest BCUT2D eigenvalue weighted by Gasteiger charge is -2.10. The van der Waals surface area contributed by atoms with E-state index in [0.29, 0.717) is 28.3 Å². The number of nitrogens with one attached hydrogen (secondary N) is 1. The minimum atomic E-state index is -0.634. The summed E-state index contributed by atoms with van der Waals surface area (Å²) in [6, 6.07) is 11.1. The standard InChI is InChI=1S/C23H18ClN3O6S/c1-2-9-33-22(31)14-10-12(7-8-15(14)24)25-17(28)11-27-21(30)19(34-23(27)32)18-13-5-3-4-6-16(13)26-20(18)29/h3-8,10,30H,2,9,11H2,1H3,(H,25,28). The number of esters is 1. The number of carbonyl (C=O) groups is 3. The highest BCUT2D eigenvalue weighted by Crippen LogP contribution is 2.28. The third-order valence-corrected chi connectivity index (χ3v) is 6.23. The van der Waals surface area contributed by atoms with Gasteiger partial charge in [-0.1, -0.05) is 48.1 Å². The Bertz CT molecular complexity index is 1510. The van der Waals surface area contributed by atoms with Gasteiger partial charge in [0.25, 0.3) is 5.91 Å². The number of nitrogens with zero attached hydrogens (tertiary/aromatic N) is 2. The van der Waals surface area contributed by atoms with Crippen LogP contribution in [-0.2, 0) is 20.9 Å². The van der Waals surface area contributed by atoms with Crippen molar-refractivity contribution in [3.05, 3.63) is 78.2 Å². The van der Waals surface area contributed by atoms with Gasteiger partial charge in [-0.15, -0.1) is 0 Å². The summed E-state index contributed by atoms with van der Waals surface area (Å²) in [7, 11) is 0. The number of carbonyl (C=O) groups excluding carboxylic acids is 3. The number of benzene rings is 2. The summed E-state index contributed by atoms with van der Waals surface area (Å²) in [5.41, 5.74) is 0.459. The third-order valence-electron chi connectivity index (χ3n) is 4.91. The molecule has 0 saturated heterocycles. The summed E-state index contributed by atoms with van der Waals surface area (Å²) < 4.78 is 5.94. The zero-order valence-corrected chi connectivity index (χ0v) is 19.4. The van der Waals surface area contributed by atoms with Crippen LogP contribution < -0.4 is 20.8 Å². The number of thiazole rings is 1. The number of halogens is 1. The summed E-state index contributed by atoms with van der Waals surface area (Å²) in [5, 5.41) is 14.3. The van der Waals surface area contributed by atoms with Crippen LogP contribution >= 0.6 is 22.9 Å². The molecule has 2 aromatic carbocycles. The van der Waals surface area contributed by atoms with Crippen LogP contribution in [0, 0.1) is 0 Å². The molecule has 1 aliphatic rings. The molecular formula is C23H18ClN3O6S. The van der Waals surface area contributed by atoms with Gasteiger partial charge in [0.2, 0.25) is 11.8 Å². The molecule has 174 valence electrons. The number of hydrogen-bond donors (Lipinski definition) is 2. The number of ether oxygens (including phenoxy) is 1. The van der Waals surface area contributed by atoms with Crippen LogP contribution in [0.15, 0.2) is 52.3 Å². The summed E-state index contributed by atoms with van der Waals surface area (Å²) >= 11 is 6.71. The Morgan fingerprint density at radius 3 is 2.74 bits per heavy atom. The van der Waals surface area contributed by atoms with Crippen molar-refractivity contribution >= 4 is 52.0 Å². The topological polar surface area (TPSA) is 127 Å². The van der Waals surface area contributed by atoms with Gasteiger partial charge < -0.3 is 15.2 Å². The van der Waals surface area contributed by atoms with E-state index in [1.165, 1.54) is 18.2 Å². The van der Waals surface area contributed by atoms with Gasteiger partial charge in [0, 0.05) is 10.9 Å². The van der Waals surface area contributed by atoms with Crippen LogP contribution in [0.3, 0.4) is 0 Å². The smallest absolute Gasteiger partial charge is 0.339 e. The number of rotatable bonds is 7. The van der Waals surface area contributed by atoms with Crippen LogP contribution in [-0.4, -0.2) is 34.1 Å². The summed E-state index contributed by atoms with van der Waals surface area (Å²) in [6.07, 6.45) is 0.644. The molecule has 0 bridgehead atoms. The van der Waals surface area contributed by atoms with E-state index in [4.69, 9.17) is 16.3 Å². The van der Waals surface area contributed by atoms with Crippen molar-refractivity contribution in [3.8, 4) is 5.88 Å². The van der Waals surface area contributed by atoms with Crippen molar-refractivity contribution < 1.29 is 24.2 Å². The Labute approximate surface area is 201 Å².